The first-order chi connectivity index (χ1) is 9.31. The molecule has 0 radical (unpaired) electrons. The Labute approximate surface area is 117 Å². The van der Waals surface area contributed by atoms with Crippen LogP contribution in [-0.4, -0.2) is 13.2 Å². The highest BCUT2D eigenvalue weighted by molar-refractivity contribution is 5.30. The molecule has 0 aliphatic carbocycles. The number of unbranched alkanes of at least 4 members (excludes halogenated alkanes) is 1. The van der Waals surface area contributed by atoms with E-state index in [1.807, 2.05) is 19.1 Å². The van der Waals surface area contributed by atoms with Crippen LogP contribution in [0.2, 0.25) is 0 Å². The fraction of sp³-hybridized carbons (Fsp3) is 0.529. The van der Waals surface area contributed by atoms with E-state index in [1.165, 1.54) is 12.0 Å². The zero-order chi connectivity index (χ0) is 13.9. The van der Waals surface area contributed by atoms with E-state index in [0.29, 0.717) is 12.6 Å². The summed E-state index contributed by atoms with van der Waals surface area (Å²) in [6, 6.07) is 8.86. The van der Waals surface area contributed by atoms with Gasteiger partial charge in [0, 0.05) is 6.04 Å². The molecule has 1 rings (SSSR count). The second kappa shape index (κ2) is 9.62. The molecule has 1 unspecified atom stereocenters. The number of hydrogen-bond acceptors (Lipinski definition) is 2. The SMILES string of the molecule is C=CCCCC(NCCC)c1cccc(OCC)c1. The van der Waals surface area contributed by atoms with Gasteiger partial charge >= 0.3 is 0 Å². The van der Waals surface area contributed by atoms with Crippen LogP contribution in [0.25, 0.3) is 0 Å². The molecule has 19 heavy (non-hydrogen) atoms. The monoisotopic (exact) mass is 261 g/mol. The summed E-state index contributed by atoms with van der Waals surface area (Å²) < 4.78 is 5.58. The van der Waals surface area contributed by atoms with Gasteiger partial charge in [0.05, 0.1) is 6.61 Å². The standard InChI is InChI=1S/C17H27NO/c1-4-7-8-12-17(18-13-5-2)15-10-9-11-16(14-15)19-6-3/h4,9-11,14,17-18H,1,5-8,12-13H2,2-3H3. The van der Waals surface area contributed by atoms with Crippen LogP contribution in [0.3, 0.4) is 0 Å². The minimum Gasteiger partial charge on any atom is -0.494 e. The average molecular weight is 261 g/mol. The Balaban J connectivity index is 2.70. The predicted octanol–water partition coefficient (Wildman–Crippen LogP) is 4.48. The molecule has 106 valence electrons. The van der Waals surface area contributed by atoms with Crippen molar-refractivity contribution in [3.05, 3.63) is 42.5 Å². The van der Waals surface area contributed by atoms with Crippen LogP contribution in [0.15, 0.2) is 36.9 Å². The Morgan fingerprint density at radius 3 is 2.89 bits per heavy atom. The molecule has 2 nitrogen and oxygen atoms in total. The highest BCUT2D eigenvalue weighted by atomic mass is 16.5. The highest BCUT2D eigenvalue weighted by Crippen LogP contribution is 2.23. The van der Waals surface area contributed by atoms with Crippen molar-refractivity contribution in [2.75, 3.05) is 13.2 Å². The lowest BCUT2D eigenvalue weighted by Gasteiger charge is -2.19. The van der Waals surface area contributed by atoms with Crippen molar-refractivity contribution in [3.63, 3.8) is 0 Å². The van der Waals surface area contributed by atoms with E-state index >= 15 is 0 Å². The van der Waals surface area contributed by atoms with E-state index in [9.17, 15) is 0 Å². The van der Waals surface area contributed by atoms with Crippen LogP contribution in [0, 0.1) is 0 Å². The fourth-order valence-corrected chi connectivity index (χ4v) is 2.16. The van der Waals surface area contributed by atoms with Crippen molar-refractivity contribution < 1.29 is 4.74 Å². The van der Waals surface area contributed by atoms with Crippen LogP contribution >= 0.6 is 0 Å². The number of ether oxygens (including phenoxy) is 1. The number of hydrogen-bond donors (Lipinski definition) is 1. The van der Waals surface area contributed by atoms with Gasteiger partial charge in [-0.15, -0.1) is 6.58 Å². The van der Waals surface area contributed by atoms with E-state index in [1.54, 1.807) is 0 Å². The third kappa shape index (κ3) is 5.93. The van der Waals surface area contributed by atoms with Gasteiger partial charge in [0.1, 0.15) is 5.75 Å². The van der Waals surface area contributed by atoms with Gasteiger partial charge in [-0.25, -0.2) is 0 Å². The number of allylic oxidation sites excluding steroid dienone is 1. The molecule has 2 heteroatoms. The van der Waals surface area contributed by atoms with Crippen molar-refractivity contribution in [2.24, 2.45) is 0 Å². The third-order valence-corrected chi connectivity index (χ3v) is 3.11. The summed E-state index contributed by atoms with van der Waals surface area (Å²) in [5, 5.41) is 3.62. The Morgan fingerprint density at radius 2 is 2.21 bits per heavy atom. The van der Waals surface area contributed by atoms with Gasteiger partial charge in [0.2, 0.25) is 0 Å². The third-order valence-electron chi connectivity index (χ3n) is 3.11. The fourth-order valence-electron chi connectivity index (χ4n) is 2.16. The lowest BCUT2D eigenvalue weighted by Crippen LogP contribution is -2.22. The molecule has 1 aromatic carbocycles. The van der Waals surface area contributed by atoms with Gasteiger partial charge in [-0.05, 0) is 56.8 Å². The van der Waals surface area contributed by atoms with Crippen molar-refractivity contribution in [3.8, 4) is 5.75 Å². The van der Waals surface area contributed by atoms with Crippen molar-refractivity contribution in [1.82, 2.24) is 5.32 Å². The van der Waals surface area contributed by atoms with E-state index in [2.05, 4.69) is 37.0 Å². The van der Waals surface area contributed by atoms with Crippen molar-refractivity contribution in [1.29, 1.82) is 0 Å². The molecule has 0 aromatic heterocycles. The molecule has 0 aliphatic rings. The topological polar surface area (TPSA) is 21.3 Å². The summed E-state index contributed by atoms with van der Waals surface area (Å²) in [5.41, 5.74) is 1.32. The van der Waals surface area contributed by atoms with Crippen LogP contribution in [0.4, 0.5) is 0 Å². The summed E-state index contributed by atoms with van der Waals surface area (Å²) in [5.74, 6) is 0.965. The van der Waals surface area contributed by atoms with Crippen LogP contribution in [0.1, 0.15) is 51.1 Å². The van der Waals surface area contributed by atoms with Gasteiger partial charge in [-0.2, -0.15) is 0 Å². The van der Waals surface area contributed by atoms with Gasteiger partial charge in [0.25, 0.3) is 0 Å². The molecule has 0 saturated carbocycles. The molecule has 0 heterocycles. The molecule has 0 saturated heterocycles. The zero-order valence-electron chi connectivity index (χ0n) is 12.3. The molecular formula is C17H27NO. The van der Waals surface area contributed by atoms with Crippen molar-refractivity contribution in [2.45, 2.75) is 45.6 Å². The number of rotatable bonds is 10. The summed E-state index contributed by atoms with van der Waals surface area (Å²) in [6.45, 7) is 9.78. The van der Waals surface area contributed by atoms with Crippen molar-refractivity contribution >= 4 is 0 Å². The average Bonchev–Trinajstić information content (AvgIpc) is 2.43. The first-order valence-corrected chi connectivity index (χ1v) is 7.38. The summed E-state index contributed by atoms with van der Waals surface area (Å²) in [6.07, 6.45) is 6.54. The van der Waals surface area contributed by atoms with E-state index in [0.717, 1.165) is 31.6 Å². The Morgan fingerprint density at radius 1 is 1.37 bits per heavy atom. The van der Waals surface area contributed by atoms with E-state index in [-0.39, 0.29) is 0 Å². The highest BCUT2D eigenvalue weighted by Gasteiger charge is 2.10. The smallest absolute Gasteiger partial charge is 0.119 e. The Bertz CT molecular complexity index is 362. The van der Waals surface area contributed by atoms with Crippen LogP contribution in [0.5, 0.6) is 5.75 Å². The van der Waals surface area contributed by atoms with E-state index < -0.39 is 0 Å². The Hall–Kier alpha value is -1.28. The molecule has 1 aromatic rings. The molecule has 0 bridgehead atoms. The quantitative estimate of drug-likeness (QED) is 0.495. The molecule has 0 aliphatic heterocycles. The lowest BCUT2D eigenvalue weighted by molar-refractivity contribution is 0.339. The molecule has 0 amide bonds. The molecule has 0 spiro atoms. The van der Waals surface area contributed by atoms with Crippen LogP contribution < -0.4 is 10.1 Å². The first-order valence-electron chi connectivity index (χ1n) is 7.38. The summed E-state index contributed by atoms with van der Waals surface area (Å²) >= 11 is 0. The number of benzene rings is 1. The maximum absolute atomic E-state index is 5.58. The van der Waals surface area contributed by atoms with Gasteiger partial charge in [-0.1, -0.05) is 25.1 Å². The minimum atomic E-state index is 0.417. The first kappa shape index (κ1) is 15.8. The zero-order valence-corrected chi connectivity index (χ0v) is 12.3. The second-order valence-electron chi connectivity index (χ2n) is 4.73. The molecule has 1 N–H and O–H groups in total. The second-order valence-corrected chi connectivity index (χ2v) is 4.73. The maximum Gasteiger partial charge on any atom is 0.119 e. The van der Waals surface area contributed by atoms with Gasteiger partial charge < -0.3 is 10.1 Å². The Kier molecular flexibility index (Phi) is 7.99. The largest absolute Gasteiger partial charge is 0.494 e. The van der Waals surface area contributed by atoms with E-state index in [4.69, 9.17) is 4.74 Å². The normalized spacial score (nSPS) is 12.1. The number of nitrogens with one attached hydrogen (secondary N) is 1. The lowest BCUT2D eigenvalue weighted by atomic mass is 10.0. The van der Waals surface area contributed by atoms with Crippen LogP contribution in [-0.2, 0) is 0 Å². The molecule has 0 fully saturated rings. The van der Waals surface area contributed by atoms with Gasteiger partial charge in [0.15, 0.2) is 0 Å². The summed E-state index contributed by atoms with van der Waals surface area (Å²) in [4.78, 5) is 0. The molecular weight excluding hydrogens is 234 g/mol. The molecule has 1 atom stereocenters. The predicted molar refractivity (Wildman–Crippen MR) is 82.7 cm³/mol. The maximum atomic E-state index is 5.58. The van der Waals surface area contributed by atoms with Gasteiger partial charge in [-0.3, -0.25) is 0 Å². The minimum absolute atomic E-state index is 0.417. The summed E-state index contributed by atoms with van der Waals surface area (Å²) in [7, 11) is 0.